The smallest absolute Gasteiger partial charge is 0.131 e. The number of rotatable bonds is 2. The van der Waals surface area contributed by atoms with Gasteiger partial charge in [0.25, 0.3) is 0 Å². The minimum Gasteiger partial charge on any atom is -0.352 e. The first-order valence-corrected chi connectivity index (χ1v) is 5.12. The van der Waals surface area contributed by atoms with E-state index in [2.05, 4.69) is 29.8 Å². The summed E-state index contributed by atoms with van der Waals surface area (Å²) in [5, 5.41) is 0. The van der Waals surface area contributed by atoms with E-state index in [1.807, 2.05) is 6.20 Å². The lowest BCUT2D eigenvalue weighted by Crippen LogP contribution is -2.52. The summed E-state index contributed by atoms with van der Waals surface area (Å²) in [6, 6.07) is 2.68. The maximum Gasteiger partial charge on any atom is 0.131 e. The molecule has 0 radical (unpaired) electrons. The number of aromatic nitrogens is 1. The van der Waals surface area contributed by atoms with Gasteiger partial charge in [-0.2, -0.15) is 0 Å². The molecule has 2 rings (SSSR count). The molecule has 0 saturated carbocycles. The fourth-order valence-corrected chi connectivity index (χ4v) is 1.97. The van der Waals surface area contributed by atoms with Crippen molar-refractivity contribution in [2.45, 2.75) is 26.3 Å². The van der Waals surface area contributed by atoms with Crippen LogP contribution in [-0.2, 0) is 0 Å². The van der Waals surface area contributed by atoms with E-state index in [9.17, 15) is 0 Å². The maximum atomic E-state index is 5.67. The molecule has 0 amide bonds. The first-order chi connectivity index (χ1) is 6.72. The number of pyridine rings is 1. The Morgan fingerprint density at radius 3 is 2.86 bits per heavy atom. The topological polar surface area (TPSA) is 42.2 Å². The summed E-state index contributed by atoms with van der Waals surface area (Å²) in [6.45, 7) is 6.01. The predicted molar refractivity (Wildman–Crippen MR) is 58.5 cm³/mol. The van der Waals surface area contributed by atoms with Gasteiger partial charge >= 0.3 is 0 Å². The Morgan fingerprint density at radius 2 is 2.36 bits per heavy atom. The Kier molecular flexibility index (Phi) is 2.42. The zero-order valence-corrected chi connectivity index (χ0v) is 8.83. The highest BCUT2D eigenvalue weighted by Crippen LogP contribution is 2.26. The molecule has 3 heteroatoms. The Bertz CT molecular complexity index is 333. The van der Waals surface area contributed by atoms with Gasteiger partial charge in [-0.1, -0.05) is 6.07 Å². The summed E-state index contributed by atoms with van der Waals surface area (Å²) in [5.74, 6) is 1.11. The molecule has 1 unspecified atom stereocenters. The highest BCUT2D eigenvalue weighted by atomic mass is 15.3. The van der Waals surface area contributed by atoms with Crippen LogP contribution in [0.2, 0.25) is 0 Å². The molecular formula is C11H17N3. The first kappa shape index (κ1) is 9.46. The van der Waals surface area contributed by atoms with Crippen molar-refractivity contribution in [3.05, 3.63) is 23.4 Å². The van der Waals surface area contributed by atoms with Crippen LogP contribution >= 0.6 is 0 Å². The maximum absolute atomic E-state index is 5.67. The molecule has 1 aliphatic rings. The van der Waals surface area contributed by atoms with Gasteiger partial charge in [0.15, 0.2) is 0 Å². The molecule has 1 atom stereocenters. The minimum absolute atomic E-state index is 0.504. The summed E-state index contributed by atoms with van der Waals surface area (Å²) >= 11 is 0. The SMILES string of the molecule is Cc1cnc(N2CCC2CN)c(C)c1. The predicted octanol–water partition coefficient (Wildman–Crippen LogP) is 1.24. The molecule has 14 heavy (non-hydrogen) atoms. The molecule has 1 saturated heterocycles. The lowest BCUT2D eigenvalue weighted by molar-refractivity contribution is 0.451. The normalized spacial score (nSPS) is 20.8. The largest absolute Gasteiger partial charge is 0.352 e. The summed E-state index contributed by atoms with van der Waals surface area (Å²) in [6.07, 6.45) is 3.12. The van der Waals surface area contributed by atoms with E-state index in [-0.39, 0.29) is 0 Å². The minimum atomic E-state index is 0.504. The second-order valence-electron chi connectivity index (χ2n) is 4.02. The van der Waals surface area contributed by atoms with Crippen LogP contribution < -0.4 is 10.6 Å². The average Bonchev–Trinajstić information content (AvgIpc) is 2.08. The van der Waals surface area contributed by atoms with E-state index >= 15 is 0 Å². The zero-order valence-electron chi connectivity index (χ0n) is 8.83. The van der Waals surface area contributed by atoms with Crippen molar-refractivity contribution in [3.63, 3.8) is 0 Å². The monoisotopic (exact) mass is 191 g/mol. The Hall–Kier alpha value is -1.09. The zero-order chi connectivity index (χ0) is 10.1. The number of hydrogen-bond donors (Lipinski definition) is 1. The van der Waals surface area contributed by atoms with Crippen LogP contribution in [0.15, 0.2) is 12.3 Å². The first-order valence-electron chi connectivity index (χ1n) is 5.12. The molecule has 76 valence electrons. The Morgan fingerprint density at radius 1 is 1.57 bits per heavy atom. The molecule has 2 heterocycles. The van der Waals surface area contributed by atoms with Gasteiger partial charge in [-0.15, -0.1) is 0 Å². The van der Waals surface area contributed by atoms with Crippen molar-refractivity contribution in [3.8, 4) is 0 Å². The number of aryl methyl sites for hydroxylation is 2. The van der Waals surface area contributed by atoms with E-state index in [0.29, 0.717) is 6.04 Å². The molecule has 1 aromatic rings. The second-order valence-corrected chi connectivity index (χ2v) is 4.02. The third-order valence-electron chi connectivity index (χ3n) is 2.88. The average molecular weight is 191 g/mol. The Balaban J connectivity index is 2.24. The van der Waals surface area contributed by atoms with Gasteiger partial charge in [-0.05, 0) is 31.4 Å². The molecule has 1 aromatic heterocycles. The fraction of sp³-hybridized carbons (Fsp3) is 0.545. The van der Waals surface area contributed by atoms with Crippen molar-refractivity contribution in [2.24, 2.45) is 5.73 Å². The van der Waals surface area contributed by atoms with Crippen LogP contribution in [0.25, 0.3) is 0 Å². The van der Waals surface area contributed by atoms with Crippen LogP contribution in [0.5, 0.6) is 0 Å². The van der Waals surface area contributed by atoms with Crippen LogP contribution in [0.1, 0.15) is 17.5 Å². The van der Waals surface area contributed by atoms with Crippen LogP contribution in [0.3, 0.4) is 0 Å². The van der Waals surface area contributed by atoms with Crippen LogP contribution in [0.4, 0.5) is 5.82 Å². The summed E-state index contributed by atoms with van der Waals surface area (Å²) < 4.78 is 0. The highest BCUT2D eigenvalue weighted by molar-refractivity contribution is 5.50. The number of anilines is 1. The van der Waals surface area contributed by atoms with Gasteiger partial charge in [0.05, 0.1) is 0 Å². The van der Waals surface area contributed by atoms with E-state index in [1.165, 1.54) is 17.5 Å². The lowest BCUT2D eigenvalue weighted by Gasteiger charge is -2.42. The molecule has 0 bridgehead atoms. The highest BCUT2D eigenvalue weighted by Gasteiger charge is 2.28. The van der Waals surface area contributed by atoms with Crippen molar-refractivity contribution in [1.82, 2.24) is 4.98 Å². The van der Waals surface area contributed by atoms with Gasteiger partial charge in [0.1, 0.15) is 5.82 Å². The summed E-state index contributed by atoms with van der Waals surface area (Å²) in [5.41, 5.74) is 8.14. The summed E-state index contributed by atoms with van der Waals surface area (Å²) in [4.78, 5) is 6.77. The van der Waals surface area contributed by atoms with Gasteiger partial charge in [0.2, 0.25) is 0 Å². The lowest BCUT2D eigenvalue weighted by atomic mass is 10.0. The second kappa shape index (κ2) is 3.58. The van der Waals surface area contributed by atoms with Gasteiger partial charge in [-0.3, -0.25) is 0 Å². The van der Waals surface area contributed by atoms with Crippen molar-refractivity contribution in [1.29, 1.82) is 0 Å². The quantitative estimate of drug-likeness (QED) is 0.764. The fourth-order valence-electron chi connectivity index (χ4n) is 1.97. The van der Waals surface area contributed by atoms with E-state index < -0.39 is 0 Å². The molecule has 2 N–H and O–H groups in total. The van der Waals surface area contributed by atoms with Gasteiger partial charge < -0.3 is 10.6 Å². The molecule has 3 nitrogen and oxygen atoms in total. The third kappa shape index (κ3) is 1.48. The van der Waals surface area contributed by atoms with Crippen molar-refractivity contribution >= 4 is 5.82 Å². The number of hydrogen-bond acceptors (Lipinski definition) is 3. The van der Waals surface area contributed by atoms with Gasteiger partial charge in [0, 0.05) is 25.3 Å². The van der Waals surface area contributed by atoms with Crippen molar-refractivity contribution < 1.29 is 0 Å². The third-order valence-corrected chi connectivity index (χ3v) is 2.88. The van der Waals surface area contributed by atoms with Crippen molar-refractivity contribution in [2.75, 3.05) is 18.0 Å². The van der Waals surface area contributed by atoms with Crippen LogP contribution in [-0.4, -0.2) is 24.1 Å². The van der Waals surface area contributed by atoms with E-state index in [1.54, 1.807) is 0 Å². The molecule has 1 aliphatic heterocycles. The van der Waals surface area contributed by atoms with E-state index in [4.69, 9.17) is 5.73 Å². The molecular weight excluding hydrogens is 174 g/mol. The molecule has 1 fully saturated rings. The number of nitrogens with zero attached hydrogens (tertiary/aromatic N) is 2. The molecule has 0 spiro atoms. The molecule has 0 aromatic carbocycles. The number of nitrogens with two attached hydrogens (primary N) is 1. The van der Waals surface area contributed by atoms with Gasteiger partial charge in [-0.25, -0.2) is 4.98 Å². The Labute approximate surface area is 84.9 Å². The molecule has 0 aliphatic carbocycles. The van der Waals surface area contributed by atoms with E-state index in [0.717, 1.165) is 18.9 Å². The summed E-state index contributed by atoms with van der Waals surface area (Å²) in [7, 11) is 0. The van der Waals surface area contributed by atoms with Crippen LogP contribution in [0, 0.1) is 13.8 Å². The standard InChI is InChI=1S/C11H17N3/c1-8-5-9(2)11(13-7-8)14-4-3-10(14)6-12/h5,7,10H,3-4,6,12H2,1-2H3.